The van der Waals surface area contributed by atoms with Crippen molar-refractivity contribution in [2.45, 2.75) is 11.8 Å². The van der Waals surface area contributed by atoms with Crippen LogP contribution in [0.1, 0.15) is 11.1 Å². The lowest BCUT2D eigenvalue weighted by Crippen LogP contribution is -2.14. The van der Waals surface area contributed by atoms with Gasteiger partial charge < -0.3 is 10.2 Å². The summed E-state index contributed by atoms with van der Waals surface area (Å²) in [5, 5.41) is 0.993. The zero-order chi connectivity index (χ0) is 15.5. The zero-order valence-electron chi connectivity index (χ0n) is 11.9. The highest BCUT2D eigenvalue weighted by Crippen LogP contribution is 2.22. The number of hydrogen-bond donors (Lipinski definition) is 1. The van der Waals surface area contributed by atoms with Crippen molar-refractivity contribution in [1.29, 1.82) is 0 Å². The van der Waals surface area contributed by atoms with Crippen molar-refractivity contribution >= 4 is 45.1 Å². The summed E-state index contributed by atoms with van der Waals surface area (Å²) in [6.07, 6.45) is 1.65. The Balaban J connectivity index is 1.77. The van der Waals surface area contributed by atoms with Crippen LogP contribution in [-0.2, 0) is 0 Å². The molecule has 5 heteroatoms. The van der Waals surface area contributed by atoms with Crippen molar-refractivity contribution in [1.82, 2.24) is 0 Å². The van der Waals surface area contributed by atoms with Crippen molar-refractivity contribution in [2.24, 2.45) is 10.7 Å². The molecule has 3 rings (SSSR count). The summed E-state index contributed by atoms with van der Waals surface area (Å²) in [6.45, 7) is 2.05. The van der Waals surface area contributed by atoms with Gasteiger partial charge in [0.15, 0.2) is 4.32 Å². The summed E-state index contributed by atoms with van der Waals surface area (Å²) in [7, 11) is 0. The third-order valence-electron chi connectivity index (χ3n) is 3.19. The minimum atomic E-state index is 0.410. The van der Waals surface area contributed by atoms with Crippen LogP contribution < -0.4 is 5.73 Å². The fourth-order valence-corrected chi connectivity index (χ4v) is 3.02. The van der Waals surface area contributed by atoms with Gasteiger partial charge in [0.25, 0.3) is 0 Å². The summed E-state index contributed by atoms with van der Waals surface area (Å²) >= 11 is 6.73. The summed E-state index contributed by atoms with van der Waals surface area (Å²) in [4.78, 5) is 5.37. The Hall–Kier alpha value is -2.11. The van der Waals surface area contributed by atoms with E-state index in [0.717, 1.165) is 21.4 Å². The third-order valence-corrected chi connectivity index (χ3v) is 4.30. The van der Waals surface area contributed by atoms with E-state index < -0.39 is 0 Å². The molecule has 2 N–H and O–H groups in total. The summed E-state index contributed by atoms with van der Waals surface area (Å²) < 4.78 is 5.81. The molecule has 0 radical (unpaired) electrons. The molecule has 0 bridgehead atoms. The van der Waals surface area contributed by atoms with Gasteiger partial charge in [0, 0.05) is 15.8 Å². The molecule has 3 nitrogen and oxygen atoms in total. The van der Waals surface area contributed by atoms with Crippen molar-refractivity contribution < 1.29 is 4.42 Å². The topological polar surface area (TPSA) is 51.5 Å². The van der Waals surface area contributed by atoms with E-state index in [1.807, 2.05) is 48.5 Å². The smallest absolute Gasteiger partial charge is 0.166 e. The number of benzene rings is 2. The van der Waals surface area contributed by atoms with E-state index >= 15 is 0 Å². The lowest BCUT2D eigenvalue weighted by atomic mass is 10.1. The average molecular weight is 326 g/mol. The molecule has 0 spiro atoms. The molecule has 110 valence electrons. The first kappa shape index (κ1) is 14.8. The second kappa shape index (κ2) is 6.34. The van der Waals surface area contributed by atoms with Gasteiger partial charge >= 0.3 is 0 Å². The SMILES string of the molecule is Cc1ccc(SC(=S)N=C(N)c2ccc3occc3c2)cc1. The molecule has 0 saturated heterocycles. The van der Waals surface area contributed by atoms with Gasteiger partial charge in [-0.3, -0.25) is 0 Å². The second-order valence-electron chi connectivity index (χ2n) is 4.85. The molecule has 0 unspecified atom stereocenters. The molecule has 0 aliphatic heterocycles. The quantitative estimate of drug-likeness (QED) is 0.325. The molecule has 0 fully saturated rings. The number of aryl methyl sites for hydroxylation is 1. The van der Waals surface area contributed by atoms with Crippen LogP contribution in [0.4, 0.5) is 0 Å². The van der Waals surface area contributed by atoms with Crippen LogP contribution in [0.3, 0.4) is 0 Å². The number of nitrogens with two attached hydrogens (primary N) is 1. The Morgan fingerprint density at radius 2 is 1.91 bits per heavy atom. The van der Waals surface area contributed by atoms with E-state index in [1.54, 1.807) is 6.26 Å². The average Bonchev–Trinajstić information content (AvgIpc) is 2.97. The highest BCUT2D eigenvalue weighted by molar-refractivity contribution is 8.23. The van der Waals surface area contributed by atoms with Gasteiger partial charge in [-0.05, 0) is 43.3 Å². The van der Waals surface area contributed by atoms with Crippen LogP contribution >= 0.6 is 24.0 Å². The molecule has 1 heterocycles. The number of hydrogen-bond acceptors (Lipinski definition) is 3. The Bertz CT molecular complexity index is 850. The van der Waals surface area contributed by atoms with Gasteiger partial charge in [0.1, 0.15) is 11.4 Å². The molecule has 22 heavy (non-hydrogen) atoms. The van der Waals surface area contributed by atoms with Crippen LogP contribution in [0, 0.1) is 6.92 Å². The molecular formula is C17H14N2OS2. The van der Waals surface area contributed by atoms with Gasteiger partial charge in [-0.25, -0.2) is 4.99 Å². The van der Waals surface area contributed by atoms with Crippen LogP contribution in [0.2, 0.25) is 0 Å². The largest absolute Gasteiger partial charge is 0.464 e. The molecule has 3 aromatic rings. The Labute approximate surface area is 138 Å². The van der Waals surface area contributed by atoms with Crippen molar-refractivity contribution in [3.8, 4) is 0 Å². The van der Waals surface area contributed by atoms with E-state index in [9.17, 15) is 0 Å². The monoisotopic (exact) mass is 326 g/mol. The Morgan fingerprint density at radius 1 is 1.14 bits per heavy atom. The molecule has 0 atom stereocenters. The van der Waals surface area contributed by atoms with Gasteiger partial charge in [-0.2, -0.15) is 0 Å². The summed E-state index contributed by atoms with van der Waals surface area (Å²) in [6, 6.07) is 15.7. The normalized spacial score (nSPS) is 11.8. The fraction of sp³-hybridized carbons (Fsp3) is 0.0588. The lowest BCUT2D eigenvalue weighted by Gasteiger charge is -2.03. The molecular weight excluding hydrogens is 312 g/mol. The van der Waals surface area contributed by atoms with E-state index in [0.29, 0.717) is 10.2 Å². The molecule has 0 aliphatic rings. The molecule has 0 amide bonds. The highest BCUT2D eigenvalue weighted by atomic mass is 32.2. The zero-order valence-corrected chi connectivity index (χ0v) is 13.6. The minimum absolute atomic E-state index is 0.410. The predicted molar refractivity (Wildman–Crippen MR) is 96.6 cm³/mol. The maximum atomic E-state index is 6.05. The number of furan rings is 1. The maximum Gasteiger partial charge on any atom is 0.166 e. The van der Waals surface area contributed by atoms with Crippen LogP contribution in [0.5, 0.6) is 0 Å². The van der Waals surface area contributed by atoms with Crippen LogP contribution in [-0.4, -0.2) is 10.2 Å². The van der Waals surface area contributed by atoms with Gasteiger partial charge in [-0.1, -0.05) is 41.7 Å². The second-order valence-corrected chi connectivity index (χ2v) is 6.56. The van der Waals surface area contributed by atoms with Gasteiger partial charge in [0.2, 0.25) is 0 Å². The number of thiocarbonyl (C=S) groups is 1. The van der Waals surface area contributed by atoms with E-state index in [1.165, 1.54) is 17.3 Å². The Morgan fingerprint density at radius 3 is 2.68 bits per heavy atom. The van der Waals surface area contributed by atoms with Crippen LogP contribution in [0.15, 0.2) is 69.1 Å². The maximum absolute atomic E-state index is 6.05. The highest BCUT2D eigenvalue weighted by Gasteiger charge is 2.05. The van der Waals surface area contributed by atoms with Crippen molar-refractivity contribution in [3.05, 3.63) is 65.9 Å². The number of thioether (sulfide) groups is 1. The molecule has 0 saturated carbocycles. The number of nitrogens with zero attached hydrogens (tertiary/aromatic N) is 1. The first-order chi connectivity index (χ1) is 10.6. The molecule has 2 aromatic carbocycles. The number of rotatable bonds is 2. The standard InChI is InChI=1S/C17H14N2OS2/c1-11-2-5-14(6-3-11)22-17(21)19-16(18)13-4-7-15-12(10-13)8-9-20-15/h2-10H,1H3,(H2,18,19,21). The third kappa shape index (κ3) is 3.37. The fourth-order valence-electron chi connectivity index (χ4n) is 2.02. The van der Waals surface area contributed by atoms with Gasteiger partial charge in [-0.15, -0.1) is 0 Å². The number of aliphatic imine (C=N–C) groups is 1. The van der Waals surface area contributed by atoms with Crippen molar-refractivity contribution in [2.75, 3.05) is 0 Å². The molecule has 1 aromatic heterocycles. The van der Waals surface area contributed by atoms with E-state index in [-0.39, 0.29) is 0 Å². The number of fused-ring (bicyclic) bond motifs is 1. The van der Waals surface area contributed by atoms with Crippen LogP contribution in [0.25, 0.3) is 11.0 Å². The minimum Gasteiger partial charge on any atom is -0.464 e. The van der Waals surface area contributed by atoms with Gasteiger partial charge in [0.05, 0.1) is 6.26 Å². The first-order valence-electron chi connectivity index (χ1n) is 6.72. The Kier molecular flexibility index (Phi) is 4.27. The van der Waals surface area contributed by atoms with E-state index in [2.05, 4.69) is 11.9 Å². The predicted octanol–water partition coefficient (Wildman–Crippen LogP) is 4.52. The number of amidine groups is 1. The molecule has 0 aliphatic carbocycles. The van der Waals surface area contributed by atoms with Crippen molar-refractivity contribution in [3.63, 3.8) is 0 Å². The summed E-state index contributed by atoms with van der Waals surface area (Å²) in [5.41, 5.74) is 8.93. The summed E-state index contributed by atoms with van der Waals surface area (Å²) in [5.74, 6) is 0.410. The lowest BCUT2D eigenvalue weighted by molar-refractivity contribution is 0.616. The van der Waals surface area contributed by atoms with E-state index in [4.69, 9.17) is 22.4 Å². The first-order valence-corrected chi connectivity index (χ1v) is 7.94.